The van der Waals surface area contributed by atoms with Gasteiger partial charge in [0, 0.05) is 16.1 Å². The van der Waals surface area contributed by atoms with Crippen molar-refractivity contribution in [2.45, 2.75) is 19.4 Å². The molecule has 4 heteroatoms. The third-order valence-corrected chi connectivity index (χ3v) is 3.57. The molecule has 0 aliphatic rings. The minimum absolute atomic E-state index is 0.439. The number of benzene rings is 1. The SMILES string of the molecule is CNC(C)Cc1cn[nH]c1-c1ccccc1Br. The number of halogens is 1. The molecule has 0 amide bonds. The van der Waals surface area contributed by atoms with Gasteiger partial charge < -0.3 is 5.32 Å². The van der Waals surface area contributed by atoms with Crippen LogP contribution in [0.4, 0.5) is 0 Å². The van der Waals surface area contributed by atoms with Gasteiger partial charge in [0.2, 0.25) is 0 Å². The number of nitrogens with zero attached hydrogens (tertiary/aromatic N) is 1. The lowest BCUT2D eigenvalue weighted by molar-refractivity contribution is 0.609. The molecule has 0 aliphatic carbocycles. The van der Waals surface area contributed by atoms with Crippen molar-refractivity contribution in [1.82, 2.24) is 15.5 Å². The van der Waals surface area contributed by atoms with Crippen molar-refractivity contribution >= 4 is 15.9 Å². The van der Waals surface area contributed by atoms with Crippen LogP contribution < -0.4 is 5.32 Å². The summed E-state index contributed by atoms with van der Waals surface area (Å²) in [6.45, 7) is 2.16. The summed E-state index contributed by atoms with van der Waals surface area (Å²) in [5, 5.41) is 10.5. The van der Waals surface area contributed by atoms with E-state index in [1.807, 2.05) is 31.4 Å². The van der Waals surface area contributed by atoms with Crippen molar-refractivity contribution in [3.05, 3.63) is 40.5 Å². The Morgan fingerprint density at radius 1 is 1.41 bits per heavy atom. The molecule has 1 unspecified atom stereocenters. The van der Waals surface area contributed by atoms with Gasteiger partial charge in [-0.3, -0.25) is 5.10 Å². The van der Waals surface area contributed by atoms with E-state index in [1.165, 1.54) is 5.56 Å². The summed E-state index contributed by atoms with van der Waals surface area (Å²) in [5.41, 5.74) is 3.49. The quantitative estimate of drug-likeness (QED) is 0.910. The molecule has 0 fully saturated rings. The fourth-order valence-electron chi connectivity index (χ4n) is 1.79. The number of hydrogen-bond donors (Lipinski definition) is 2. The first kappa shape index (κ1) is 12.3. The molecule has 3 nitrogen and oxygen atoms in total. The summed E-state index contributed by atoms with van der Waals surface area (Å²) in [5.74, 6) is 0. The smallest absolute Gasteiger partial charge is 0.0694 e. The third kappa shape index (κ3) is 2.76. The number of hydrogen-bond acceptors (Lipinski definition) is 2. The van der Waals surface area contributed by atoms with Gasteiger partial charge in [-0.1, -0.05) is 34.1 Å². The first-order valence-corrected chi connectivity index (χ1v) is 6.46. The largest absolute Gasteiger partial charge is 0.317 e. The van der Waals surface area contributed by atoms with Crippen LogP contribution in [0.1, 0.15) is 12.5 Å². The number of likely N-dealkylation sites (N-methyl/N-ethyl adjacent to an activating group) is 1. The number of nitrogens with one attached hydrogen (secondary N) is 2. The highest BCUT2D eigenvalue weighted by atomic mass is 79.9. The maximum absolute atomic E-state index is 4.15. The normalized spacial score (nSPS) is 12.6. The topological polar surface area (TPSA) is 40.7 Å². The molecule has 1 aromatic carbocycles. The standard InChI is InChI=1S/C13H16BrN3/c1-9(15-2)7-10-8-16-17-13(10)11-5-3-4-6-12(11)14/h3-6,8-9,15H,7H2,1-2H3,(H,16,17). The van der Waals surface area contributed by atoms with Crippen LogP contribution in [0.25, 0.3) is 11.3 Å². The monoisotopic (exact) mass is 293 g/mol. The summed E-state index contributed by atoms with van der Waals surface area (Å²) < 4.78 is 1.09. The molecule has 0 bridgehead atoms. The van der Waals surface area contributed by atoms with Crippen molar-refractivity contribution in [2.75, 3.05) is 7.05 Å². The minimum atomic E-state index is 0.439. The van der Waals surface area contributed by atoms with Gasteiger partial charge in [0.15, 0.2) is 0 Å². The number of H-pyrrole nitrogens is 1. The van der Waals surface area contributed by atoms with Crippen LogP contribution in [0.2, 0.25) is 0 Å². The molecule has 90 valence electrons. The molecule has 0 aliphatic heterocycles. The number of aromatic amines is 1. The zero-order chi connectivity index (χ0) is 12.3. The summed E-state index contributed by atoms with van der Waals surface area (Å²) in [6, 6.07) is 8.62. The second kappa shape index (κ2) is 5.47. The fraction of sp³-hybridized carbons (Fsp3) is 0.308. The van der Waals surface area contributed by atoms with Gasteiger partial charge in [-0.05, 0) is 32.0 Å². The van der Waals surface area contributed by atoms with Gasteiger partial charge in [0.25, 0.3) is 0 Å². The van der Waals surface area contributed by atoms with Crippen LogP contribution in [0.5, 0.6) is 0 Å². The summed E-state index contributed by atoms with van der Waals surface area (Å²) in [4.78, 5) is 0. The highest BCUT2D eigenvalue weighted by molar-refractivity contribution is 9.10. The van der Waals surface area contributed by atoms with Crippen LogP contribution in [-0.2, 0) is 6.42 Å². The molecule has 2 N–H and O–H groups in total. The van der Waals surface area contributed by atoms with Crippen molar-refractivity contribution in [1.29, 1.82) is 0 Å². The predicted molar refractivity (Wildman–Crippen MR) is 73.9 cm³/mol. The van der Waals surface area contributed by atoms with E-state index in [1.54, 1.807) is 0 Å². The highest BCUT2D eigenvalue weighted by Crippen LogP contribution is 2.29. The molecule has 0 spiro atoms. The van der Waals surface area contributed by atoms with E-state index in [4.69, 9.17) is 0 Å². The zero-order valence-electron chi connectivity index (χ0n) is 10.00. The Labute approximate surface area is 110 Å². The lowest BCUT2D eigenvalue weighted by Crippen LogP contribution is -2.23. The first-order valence-electron chi connectivity index (χ1n) is 5.66. The lowest BCUT2D eigenvalue weighted by Gasteiger charge is -2.10. The molecule has 1 atom stereocenters. The Balaban J connectivity index is 2.34. The molecule has 0 saturated carbocycles. The number of rotatable bonds is 4. The molecule has 1 heterocycles. The molecule has 2 aromatic rings. The molecular weight excluding hydrogens is 278 g/mol. The van der Waals surface area contributed by atoms with Crippen molar-refractivity contribution in [3.63, 3.8) is 0 Å². The van der Waals surface area contributed by atoms with E-state index < -0.39 is 0 Å². The van der Waals surface area contributed by atoms with E-state index in [0.29, 0.717) is 6.04 Å². The minimum Gasteiger partial charge on any atom is -0.317 e. The van der Waals surface area contributed by atoms with Crippen molar-refractivity contribution in [2.24, 2.45) is 0 Å². The van der Waals surface area contributed by atoms with Crippen molar-refractivity contribution in [3.8, 4) is 11.3 Å². The zero-order valence-corrected chi connectivity index (χ0v) is 11.6. The van der Waals surface area contributed by atoms with Crippen LogP contribution >= 0.6 is 15.9 Å². The van der Waals surface area contributed by atoms with E-state index in [9.17, 15) is 0 Å². The average molecular weight is 294 g/mol. The fourth-order valence-corrected chi connectivity index (χ4v) is 2.28. The molecule has 17 heavy (non-hydrogen) atoms. The van der Waals surface area contributed by atoms with Crippen LogP contribution in [0.3, 0.4) is 0 Å². The maximum Gasteiger partial charge on any atom is 0.0694 e. The summed E-state index contributed by atoms with van der Waals surface area (Å²) in [7, 11) is 1.98. The Kier molecular flexibility index (Phi) is 3.97. The second-order valence-corrected chi connectivity index (χ2v) is 5.00. The van der Waals surface area contributed by atoms with Crippen LogP contribution in [0.15, 0.2) is 34.9 Å². The number of aromatic nitrogens is 2. The van der Waals surface area contributed by atoms with Gasteiger partial charge in [-0.15, -0.1) is 0 Å². The second-order valence-electron chi connectivity index (χ2n) is 4.14. The summed E-state index contributed by atoms with van der Waals surface area (Å²) in [6.07, 6.45) is 2.87. The van der Waals surface area contributed by atoms with Gasteiger partial charge >= 0.3 is 0 Å². The van der Waals surface area contributed by atoms with Crippen LogP contribution in [0, 0.1) is 0 Å². The molecule has 0 radical (unpaired) electrons. The Bertz CT molecular complexity index is 493. The third-order valence-electron chi connectivity index (χ3n) is 2.88. The highest BCUT2D eigenvalue weighted by Gasteiger charge is 2.12. The van der Waals surface area contributed by atoms with E-state index in [2.05, 4.69) is 44.4 Å². The molecular formula is C13H16BrN3. The average Bonchev–Trinajstić information content (AvgIpc) is 2.77. The first-order chi connectivity index (χ1) is 8.22. The molecule has 2 rings (SSSR count). The van der Waals surface area contributed by atoms with E-state index in [0.717, 1.165) is 22.2 Å². The Morgan fingerprint density at radius 2 is 2.18 bits per heavy atom. The van der Waals surface area contributed by atoms with Crippen molar-refractivity contribution < 1.29 is 0 Å². The molecule has 1 aromatic heterocycles. The van der Waals surface area contributed by atoms with E-state index >= 15 is 0 Å². The molecule has 0 saturated heterocycles. The Hall–Kier alpha value is -1.13. The maximum atomic E-state index is 4.15. The van der Waals surface area contributed by atoms with E-state index in [-0.39, 0.29) is 0 Å². The van der Waals surface area contributed by atoms with Gasteiger partial charge in [-0.2, -0.15) is 5.10 Å². The summed E-state index contributed by atoms with van der Waals surface area (Å²) >= 11 is 3.57. The van der Waals surface area contributed by atoms with Gasteiger partial charge in [0.1, 0.15) is 0 Å². The Morgan fingerprint density at radius 3 is 2.88 bits per heavy atom. The van der Waals surface area contributed by atoms with Gasteiger partial charge in [-0.25, -0.2) is 0 Å². The lowest BCUT2D eigenvalue weighted by atomic mass is 10.0. The predicted octanol–water partition coefficient (Wildman–Crippen LogP) is 2.99. The van der Waals surface area contributed by atoms with Crippen LogP contribution in [-0.4, -0.2) is 23.3 Å². The van der Waals surface area contributed by atoms with Gasteiger partial charge in [0.05, 0.1) is 11.9 Å².